The van der Waals surface area contributed by atoms with E-state index < -0.39 is 0 Å². The van der Waals surface area contributed by atoms with Crippen LogP contribution in [0.1, 0.15) is 0 Å². The molecule has 0 spiro atoms. The van der Waals surface area contributed by atoms with Crippen LogP contribution in [0.4, 0.5) is 11.5 Å². The fraction of sp³-hybridized carbons (Fsp3) is 0.500. The van der Waals surface area contributed by atoms with E-state index in [2.05, 4.69) is 10.3 Å². The lowest BCUT2D eigenvalue weighted by molar-refractivity contribution is 0.281. The first-order chi connectivity index (χ1) is 7.31. The first kappa shape index (κ1) is 11.7. The van der Waals surface area contributed by atoms with Crippen LogP contribution in [0.3, 0.4) is 0 Å². The largest absolute Gasteiger partial charge is 0.395 e. The third kappa shape index (κ3) is 3.38. The van der Waals surface area contributed by atoms with Crippen molar-refractivity contribution in [2.45, 2.75) is 0 Å². The van der Waals surface area contributed by atoms with Crippen LogP contribution in [0.25, 0.3) is 0 Å². The smallest absolute Gasteiger partial charge is 0.127 e. The molecule has 1 aromatic rings. The minimum Gasteiger partial charge on any atom is -0.395 e. The van der Waals surface area contributed by atoms with Crippen LogP contribution < -0.4 is 10.2 Å². The second-order valence-electron chi connectivity index (χ2n) is 3.08. The van der Waals surface area contributed by atoms with Crippen LogP contribution in [0.5, 0.6) is 0 Å². The molecule has 5 nitrogen and oxygen atoms in total. The molecule has 0 bridgehead atoms. The summed E-state index contributed by atoms with van der Waals surface area (Å²) >= 11 is 0. The van der Waals surface area contributed by atoms with Gasteiger partial charge in [0.05, 0.1) is 13.2 Å². The lowest BCUT2D eigenvalue weighted by atomic mass is 10.3. The Hall–Kier alpha value is -1.33. The van der Waals surface area contributed by atoms with Crippen LogP contribution >= 0.6 is 0 Å². The predicted molar refractivity (Wildman–Crippen MR) is 60.2 cm³/mol. The van der Waals surface area contributed by atoms with Crippen LogP contribution in [0.2, 0.25) is 0 Å². The molecule has 0 saturated heterocycles. The van der Waals surface area contributed by atoms with E-state index in [0.29, 0.717) is 13.1 Å². The molecule has 3 N–H and O–H groups in total. The summed E-state index contributed by atoms with van der Waals surface area (Å²) in [5.41, 5.74) is 0.942. The van der Waals surface area contributed by atoms with E-state index in [0.717, 1.165) is 11.5 Å². The summed E-state index contributed by atoms with van der Waals surface area (Å²) in [6.07, 6.45) is 1.70. The molecule has 0 unspecified atom stereocenters. The summed E-state index contributed by atoms with van der Waals surface area (Å²) in [5.74, 6) is 0.772. The van der Waals surface area contributed by atoms with Crippen molar-refractivity contribution in [1.29, 1.82) is 0 Å². The van der Waals surface area contributed by atoms with E-state index in [1.54, 1.807) is 13.2 Å². The number of hydrogen-bond acceptors (Lipinski definition) is 5. The highest BCUT2D eigenvalue weighted by Gasteiger charge is 2.05. The number of nitrogens with zero attached hydrogens (tertiary/aromatic N) is 2. The highest BCUT2D eigenvalue weighted by molar-refractivity contribution is 5.53. The van der Waals surface area contributed by atoms with Gasteiger partial charge in [-0.25, -0.2) is 4.98 Å². The van der Waals surface area contributed by atoms with Crippen LogP contribution in [-0.2, 0) is 0 Å². The molecule has 0 radical (unpaired) electrons. The quantitative estimate of drug-likeness (QED) is 0.614. The number of aliphatic hydroxyl groups excluding tert-OH is 2. The van der Waals surface area contributed by atoms with Crippen molar-refractivity contribution in [3.8, 4) is 0 Å². The Morgan fingerprint density at radius 1 is 1.33 bits per heavy atom. The average Bonchev–Trinajstić information content (AvgIpc) is 2.29. The molecule has 1 heterocycles. The summed E-state index contributed by atoms with van der Waals surface area (Å²) in [6.45, 7) is 1.15. The minimum atomic E-state index is 0.0667. The Morgan fingerprint density at radius 3 is 2.53 bits per heavy atom. The predicted octanol–water partition coefficient (Wildman–Crippen LogP) is -0.0857. The second kappa shape index (κ2) is 6.21. The number of anilines is 2. The number of aliphatic hydroxyl groups is 2. The SMILES string of the molecule is CNc1cc(N(CCO)CCO)ccn1. The van der Waals surface area contributed by atoms with E-state index in [1.165, 1.54) is 0 Å². The summed E-state index contributed by atoms with van der Waals surface area (Å²) in [7, 11) is 1.80. The lowest BCUT2D eigenvalue weighted by Crippen LogP contribution is -2.29. The fourth-order valence-corrected chi connectivity index (χ4v) is 1.36. The molecule has 0 aliphatic carbocycles. The van der Waals surface area contributed by atoms with Gasteiger partial charge in [0, 0.05) is 38.1 Å². The number of aromatic nitrogens is 1. The van der Waals surface area contributed by atoms with Crippen molar-refractivity contribution >= 4 is 11.5 Å². The van der Waals surface area contributed by atoms with Gasteiger partial charge in [0.2, 0.25) is 0 Å². The molecule has 84 valence electrons. The molecule has 5 heteroatoms. The van der Waals surface area contributed by atoms with Gasteiger partial charge in [-0.05, 0) is 6.07 Å². The number of nitrogens with one attached hydrogen (secondary N) is 1. The van der Waals surface area contributed by atoms with Gasteiger partial charge in [0.1, 0.15) is 5.82 Å². The normalized spacial score (nSPS) is 10.1. The molecular formula is C10H17N3O2. The van der Waals surface area contributed by atoms with Crippen molar-refractivity contribution < 1.29 is 10.2 Å². The van der Waals surface area contributed by atoms with Crippen LogP contribution in [0, 0.1) is 0 Å². The van der Waals surface area contributed by atoms with Gasteiger partial charge in [-0.15, -0.1) is 0 Å². The molecule has 1 rings (SSSR count). The third-order valence-corrected chi connectivity index (χ3v) is 2.10. The third-order valence-electron chi connectivity index (χ3n) is 2.10. The lowest BCUT2D eigenvalue weighted by Gasteiger charge is -2.23. The summed E-state index contributed by atoms with van der Waals surface area (Å²) in [6, 6.07) is 3.73. The molecule has 0 aliphatic heterocycles. The Bertz CT molecular complexity index is 288. The first-order valence-corrected chi connectivity index (χ1v) is 4.92. The Balaban J connectivity index is 2.79. The zero-order chi connectivity index (χ0) is 11.1. The topological polar surface area (TPSA) is 68.6 Å². The highest BCUT2D eigenvalue weighted by atomic mass is 16.3. The highest BCUT2D eigenvalue weighted by Crippen LogP contribution is 2.16. The average molecular weight is 211 g/mol. The molecule has 0 saturated carbocycles. The van der Waals surface area contributed by atoms with Crippen molar-refractivity contribution in [3.63, 3.8) is 0 Å². The van der Waals surface area contributed by atoms with E-state index in [9.17, 15) is 0 Å². The first-order valence-electron chi connectivity index (χ1n) is 4.92. The Kier molecular flexibility index (Phi) is 4.86. The van der Waals surface area contributed by atoms with Gasteiger partial charge >= 0.3 is 0 Å². The number of hydrogen-bond donors (Lipinski definition) is 3. The van der Waals surface area contributed by atoms with E-state index in [4.69, 9.17) is 10.2 Å². The van der Waals surface area contributed by atoms with Crippen molar-refractivity contribution in [3.05, 3.63) is 18.3 Å². The van der Waals surface area contributed by atoms with E-state index in [1.807, 2.05) is 17.0 Å². The van der Waals surface area contributed by atoms with Gasteiger partial charge in [-0.1, -0.05) is 0 Å². The molecule has 0 aromatic carbocycles. The molecule has 0 atom stereocenters. The number of pyridine rings is 1. The molecule has 15 heavy (non-hydrogen) atoms. The maximum Gasteiger partial charge on any atom is 0.127 e. The van der Waals surface area contributed by atoms with Gasteiger partial charge < -0.3 is 20.4 Å². The Morgan fingerprint density at radius 2 is 2.00 bits per heavy atom. The summed E-state index contributed by atoms with van der Waals surface area (Å²) < 4.78 is 0. The maximum absolute atomic E-state index is 8.90. The van der Waals surface area contributed by atoms with E-state index in [-0.39, 0.29) is 13.2 Å². The van der Waals surface area contributed by atoms with Crippen molar-refractivity contribution in [2.75, 3.05) is 43.6 Å². The molecule has 0 amide bonds. The van der Waals surface area contributed by atoms with Gasteiger partial charge in [-0.3, -0.25) is 0 Å². The summed E-state index contributed by atoms with van der Waals surface area (Å²) in [5, 5.41) is 20.7. The van der Waals surface area contributed by atoms with Gasteiger partial charge in [0.15, 0.2) is 0 Å². The second-order valence-corrected chi connectivity index (χ2v) is 3.08. The van der Waals surface area contributed by atoms with Gasteiger partial charge in [-0.2, -0.15) is 0 Å². The standard InChI is InChI=1S/C10H17N3O2/c1-11-10-8-9(2-3-12-10)13(4-6-14)5-7-15/h2-3,8,14-15H,4-7H2,1H3,(H,11,12). The minimum absolute atomic E-state index is 0.0667. The molecule has 0 aliphatic rings. The summed E-state index contributed by atoms with van der Waals surface area (Å²) in [4.78, 5) is 6.00. The van der Waals surface area contributed by atoms with Crippen molar-refractivity contribution in [2.24, 2.45) is 0 Å². The Labute approximate surface area is 89.4 Å². The monoisotopic (exact) mass is 211 g/mol. The van der Waals surface area contributed by atoms with Crippen molar-refractivity contribution in [1.82, 2.24) is 4.98 Å². The fourth-order valence-electron chi connectivity index (χ4n) is 1.36. The van der Waals surface area contributed by atoms with E-state index >= 15 is 0 Å². The van der Waals surface area contributed by atoms with Gasteiger partial charge in [0.25, 0.3) is 0 Å². The zero-order valence-electron chi connectivity index (χ0n) is 8.85. The molecular weight excluding hydrogens is 194 g/mol. The molecule has 0 fully saturated rings. The maximum atomic E-state index is 8.90. The zero-order valence-corrected chi connectivity index (χ0v) is 8.85. The van der Waals surface area contributed by atoms with Crippen LogP contribution in [0.15, 0.2) is 18.3 Å². The molecule has 1 aromatic heterocycles. The van der Waals surface area contributed by atoms with Crippen LogP contribution in [-0.4, -0.2) is 48.5 Å². The number of rotatable bonds is 6.